The fraction of sp³-hybridized carbons (Fsp3) is 0.176. The molecule has 0 unspecified atom stereocenters. The van der Waals surface area contributed by atoms with Crippen molar-refractivity contribution in [2.75, 3.05) is 7.05 Å². The normalized spacial score (nSPS) is 12.0. The summed E-state index contributed by atoms with van der Waals surface area (Å²) in [7, 11) is 1.76. The number of nitrogens with one attached hydrogen (secondary N) is 1. The molecule has 0 saturated carbocycles. The lowest BCUT2D eigenvalue weighted by Crippen LogP contribution is -2.43. The summed E-state index contributed by atoms with van der Waals surface area (Å²) >= 11 is 12.3. The predicted molar refractivity (Wildman–Crippen MR) is 94.8 cm³/mol. The van der Waals surface area contributed by atoms with E-state index in [1.54, 1.807) is 36.2 Å². The summed E-state index contributed by atoms with van der Waals surface area (Å²) in [5, 5.41) is 3.02. The van der Waals surface area contributed by atoms with Crippen LogP contribution in [0, 0.1) is 0 Å². The predicted octanol–water partition coefficient (Wildman–Crippen LogP) is 3.36. The minimum Gasteiger partial charge on any atom is -0.351 e. The van der Waals surface area contributed by atoms with Crippen molar-refractivity contribution < 1.29 is 9.59 Å². The zero-order chi connectivity index (χ0) is 17.7. The van der Waals surface area contributed by atoms with Crippen LogP contribution in [0.3, 0.4) is 0 Å². The molecule has 5 nitrogen and oxygen atoms in total. The van der Waals surface area contributed by atoms with Gasteiger partial charge in [0.1, 0.15) is 6.04 Å². The molecular weight excluding hydrogens is 349 g/mol. The average molecular weight is 366 g/mol. The van der Waals surface area contributed by atoms with Gasteiger partial charge in [-0.2, -0.15) is 0 Å². The van der Waals surface area contributed by atoms with E-state index in [0.29, 0.717) is 16.6 Å². The van der Waals surface area contributed by atoms with Crippen molar-refractivity contribution in [3.63, 3.8) is 0 Å². The molecule has 2 aromatic carbocycles. The topological polar surface area (TPSA) is 75.4 Å². The molecule has 3 N–H and O–H groups in total. The number of rotatable bonds is 5. The van der Waals surface area contributed by atoms with Crippen molar-refractivity contribution in [2.45, 2.75) is 12.6 Å². The van der Waals surface area contributed by atoms with Gasteiger partial charge in [-0.25, -0.2) is 4.79 Å². The quantitative estimate of drug-likeness (QED) is 0.852. The number of urea groups is 1. The standard InChI is InChI=1S/C17H17Cl2N3O2/c1-22(10-12-8-5-9-13(18)14(12)19)15(16(23)21-17(20)24)11-6-3-2-4-7-11/h2-9,15H,10H2,1H3,(H3,20,21,23,24)/t15-/m1/s1. The highest BCUT2D eigenvalue weighted by Gasteiger charge is 2.26. The van der Waals surface area contributed by atoms with Gasteiger partial charge in [0.15, 0.2) is 0 Å². The number of carbonyl (C=O) groups is 2. The van der Waals surface area contributed by atoms with Gasteiger partial charge in [0.05, 0.1) is 10.0 Å². The van der Waals surface area contributed by atoms with Crippen LogP contribution in [0.25, 0.3) is 0 Å². The molecule has 0 aliphatic heterocycles. The first kappa shape index (κ1) is 18.3. The lowest BCUT2D eigenvalue weighted by Gasteiger charge is -2.27. The van der Waals surface area contributed by atoms with Gasteiger partial charge in [0, 0.05) is 6.54 Å². The third-order valence-corrected chi connectivity index (χ3v) is 4.36. The summed E-state index contributed by atoms with van der Waals surface area (Å²) in [6.45, 7) is 0.366. The van der Waals surface area contributed by atoms with Gasteiger partial charge < -0.3 is 5.73 Å². The minimum atomic E-state index is -0.893. The number of carbonyl (C=O) groups excluding carboxylic acids is 2. The van der Waals surface area contributed by atoms with Crippen LogP contribution >= 0.6 is 23.2 Å². The highest BCUT2D eigenvalue weighted by atomic mass is 35.5. The zero-order valence-corrected chi connectivity index (χ0v) is 14.5. The van der Waals surface area contributed by atoms with E-state index >= 15 is 0 Å². The second-order valence-electron chi connectivity index (χ2n) is 5.29. The van der Waals surface area contributed by atoms with Crippen LogP contribution in [0.1, 0.15) is 17.2 Å². The Labute approximate surface area is 150 Å². The minimum absolute atomic E-state index is 0.366. The first-order valence-corrected chi connectivity index (χ1v) is 7.94. The molecule has 0 saturated heterocycles. The van der Waals surface area contributed by atoms with Crippen molar-refractivity contribution >= 4 is 35.1 Å². The largest absolute Gasteiger partial charge is 0.351 e. The number of halogens is 2. The van der Waals surface area contributed by atoms with Crippen LogP contribution in [0.15, 0.2) is 48.5 Å². The number of imide groups is 1. The number of hydrogen-bond donors (Lipinski definition) is 2. The van der Waals surface area contributed by atoms with Crippen LogP contribution in [-0.2, 0) is 11.3 Å². The molecular formula is C17H17Cl2N3O2. The number of primary amides is 1. The molecule has 126 valence electrons. The van der Waals surface area contributed by atoms with Gasteiger partial charge in [-0.3, -0.25) is 15.0 Å². The highest BCUT2D eigenvalue weighted by Crippen LogP contribution is 2.29. The van der Waals surface area contributed by atoms with E-state index in [2.05, 4.69) is 5.32 Å². The molecule has 2 rings (SSSR count). The van der Waals surface area contributed by atoms with Crippen LogP contribution in [0.5, 0.6) is 0 Å². The van der Waals surface area contributed by atoms with E-state index in [1.807, 2.05) is 24.3 Å². The zero-order valence-electron chi connectivity index (χ0n) is 13.0. The molecule has 7 heteroatoms. The summed E-state index contributed by atoms with van der Waals surface area (Å²) in [5.74, 6) is -0.505. The van der Waals surface area contributed by atoms with Gasteiger partial charge in [-0.1, -0.05) is 65.7 Å². The number of hydrogen-bond acceptors (Lipinski definition) is 3. The third kappa shape index (κ3) is 4.47. The highest BCUT2D eigenvalue weighted by molar-refractivity contribution is 6.42. The molecule has 0 bridgehead atoms. The molecule has 0 spiro atoms. The third-order valence-electron chi connectivity index (χ3n) is 3.50. The van der Waals surface area contributed by atoms with Crippen molar-refractivity contribution in [2.24, 2.45) is 5.73 Å². The van der Waals surface area contributed by atoms with E-state index in [1.165, 1.54) is 0 Å². The average Bonchev–Trinajstić information content (AvgIpc) is 2.52. The molecule has 2 aromatic rings. The van der Waals surface area contributed by atoms with E-state index in [9.17, 15) is 9.59 Å². The van der Waals surface area contributed by atoms with Crippen LogP contribution in [0.4, 0.5) is 4.79 Å². The van der Waals surface area contributed by atoms with Crippen molar-refractivity contribution in [3.05, 3.63) is 69.7 Å². The Morgan fingerprint density at radius 2 is 1.79 bits per heavy atom. The molecule has 0 aliphatic carbocycles. The number of likely N-dealkylation sites (N-methyl/N-ethyl adjacent to an activating group) is 1. The smallest absolute Gasteiger partial charge is 0.318 e. The van der Waals surface area contributed by atoms with Crippen molar-refractivity contribution in [3.8, 4) is 0 Å². The van der Waals surface area contributed by atoms with Crippen LogP contribution < -0.4 is 11.1 Å². The summed E-state index contributed by atoms with van der Waals surface area (Å²) in [5.41, 5.74) is 6.59. The molecule has 0 heterocycles. The fourth-order valence-corrected chi connectivity index (χ4v) is 2.84. The molecule has 0 aromatic heterocycles. The fourth-order valence-electron chi connectivity index (χ4n) is 2.46. The lowest BCUT2D eigenvalue weighted by molar-refractivity contribution is -0.125. The van der Waals surface area contributed by atoms with Gasteiger partial charge in [0.2, 0.25) is 5.91 Å². The Bertz CT molecular complexity index is 738. The van der Waals surface area contributed by atoms with Gasteiger partial charge >= 0.3 is 6.03 Å². The molecule has 3 amide bonds. The first-order valence-electron chi connectivity index (χ1n) is 7.18. The maximum atomic E-state index is 12.4. The second-order valence-corrected chi connectivity index (χ2v) is 6.08. The van der Waals surface area contributed by atoms with Crippen LogP contribution in [-0.4, -0.2) is 23.9 Å². The number of nitrogens with two attached hydrogens (primary N) is 1. The maximum absolute atomic E-state index is 12.4. The van der Waals surface area contributed by atoms with E-state index in [0.717, 1.165) is 11.1 Å². The summed E-state index contributed by atoms with van der Waals surface area (Å²) in [4.78, 5) is 25.3. The second kappa shape index (κ2) is 8.15. The monoisotopic (exact) mass is 365 g/mol. The Kier molecular flexibility index (Phi) is 6.20. The van der Waals surface area contributed by atoms with Crippen molar-refractivity contribution in [1.82, 2.24) is 10.2 Å². The maximum Gasteiger partial charge on any atom is 0.318 e. The number of amides is 3. The molecule has 24 heavy (non-hydrogen) atoms. The molecule has 1 atom stereocenters. The van der Waals surface area contributed by atoms with Crippen molar-refractivity contribution in [1.29, 1.82) is 0 Å². The first-order chi connectivity index (χ1) is 11.4. The Morgan fingerprint density at radius 1 is 1.12 bits per heavy atom. The summed E-state index contributed by atoms with van der Waals surface area (Å²) < 4.78 is 0. The molecule has 0 radical (unpaired) electrons. The van der Waals surface area contributed by atoms with Gasteiger partial charge in [-0.15, -0.1) is 0 Å². The van der Waals surface area contributed by atoms with E-state index in [-0.39, 0.29) is 0 Å². The SMILES string of the molecule is CN(Cc1cccc(Cl)c1Cl)[C@@H](C(=O)NC(N)=O)c1ccccc1. The summed E-state index contributed by atoms with van der Waals surface area (Å²) in [6.07, 6.45) is 0. The molecule has 0 fully saturated rings. The number of benzene rings is 2. The Morgan fingerprint density at radius 3 is 2.42 bits per heavy atom. The summed E-state index contributed by atoms with van der Waals surface area (Å²) in [6, 6.07) is 12.8. The lowest BCUT2D eigenvalue weighted by atomic mass is 10.0. The number of nitrogens with zero attached hydrogens (tertiary/aromatic N) is 1. The van der Waals surface area contributed by atoms with E-state index < -0.39 is 18.0 Å². The van der Waals surface area contributed by atoms with Gasteiger partial charge in [-0.05, 0) is 24.2 Å². The van der Waals surface area contributed by atoms with Crippen LogP contribution in [0.2, 0.25) is 10.0 Å². The Balaban J connectivity index is 2.30. The van der Waals surface area contributed by atoms with E-state index in [4.69, 9.17) is 28.9 Å². The van der Waals surface area contributed by atoms with Gasteiger partial charge in [0.25, 0.3) is 0 Å². The molecule has 0 aliphatic rings. The Hall–Kier alpha value is -2.08.